The van der Waals surface area contributed by atoms with Crippen LogP contribution in [0.1, 0.15) is 21.7 Å². The summed E-state index contributed by atoms with van der Waals surface area (Å²) in [5.41, 5.74) is 7.62. The minimum atomic E-state index is -0.292. The molecule has 0 unspecified atom stereocenters. The molecule has 0 spiro atoms. The van der Waals surface area contributed by atoms with E-state index in [1.165, 1.54) is 0 Å². The van der Waals surface area contributed by atoms with Crippen LogP contribution in [0, 0.1) is 13.8 Å². The third-order valence-corrected chi connectivity index (χ3v) is 2.44. The van der Waals surface area contributed by atoms with E-state index in [9.17, 15) is 4.79 Å². The summed E-state index contributed by atoms with van der Waals surface area (Å²) < 4.78 is 4.86. The molecule has 5 nitrogen and oxygen atoms in total. The minimum Gasteiger partial charge on any atom is -0.398 e. The maximum Gasteiger partial charge on any atom is 0.259 e. The molecular formula is C12H13N3O2. The Kier molecular flexibility index (Phi) is 2.82. The average molecular weight is 231 g/mol. The molecule has 0 saturated carbocycles. The second kappa shape index (κ2) is 4.29. The quantitative estimate of drug-likeness (QED) is 0.776. The van der Waals surface area contributed by atoms with Crippen LogP contribution >= 0.6 is 0 Å². The van der Waals surface area contributed by atoms with Crippen molar-refractivity contribution in [2.24, 2.45) is 0 Å². The van der Waals surface area contributed by atoms with Gasteiger partial charge in [0.2, 0.25) is 0 Å². The largest absolute Gasteiger partial charge is 0.398 e. The fourth-order valence-corrected chi connectivity index (χ4v) is 1.49. The number of aryl methyl sites for hydroxylation is 2. The number of amides is 1. The Labute approximate surface area is 98.6 Å². The zero-order valence-corrected chi connectivity index (χ0v) is 9.65. The van der Waals surface area contributed by atoms with Crippen molar-refractivity contribution in [1.82, 2.24) is 5.16 Å². The standard InChI is InChI=1S/C12H13N3O2/c1-7-4-3-5-9(11(7)13)12(16)14-10-6-8(2)17-15-10/h3-6H,13H2,1-2H3,(H,14,15,16). The number of hydrogen-bond donors (Lipinski definition) is 2. The van der Waals surface area contributed by atoms with Gasteiger partial charge in [0.15, 0.2) is 5.82 Å². The molecular weight excluding hydrogens is 218 g/mol. The summed E-state index contributed by atoms with van der Waals surface area (Å²) in [5.74, 6) is 0.727. The highest BCUT2D eigenvalue weighted by atomic mass is 16.5. The van der Waals surface area contributed by atoms with Crippen molar-refractivity contribution in [3.05, 3.63) is 41.2 Å². The van der Waals surface area contributed by atoms with E-state index < -0.39 is 0 Å². The third-order valence-electron chi connectivity index (χ3n) is 2.44. The van der Waals surface area contributed by atoms with Crippen LogP contribution in [-0.4, -0.2) is 11.1 Å². The number of nitrogen functional groups attached to an aromatic ring is 1. The zero-order valence-electron chi connectivity index (χ0n) is 9.65. The third kappa shape index (κ3) is 2.28. The molecule has 1 aromatic heterocycles. The monoisotopic (exact) mass is 231 g/mol. The number of nitrogens with one attached hydrogen (secondary N) is 1. The van der Waals surface area contributed by atoms with Crippen LogP contribution in [0.3, 0.4) is 0 Å². The van der Waals surface area contributed by atoms with E-state index in [0.717, 1.165) is 5.56 Å². The number of nitrogens with two attached hydrogens (primary N) is 1. The van der Waals surface area contributed by atoms with Gasteiger partial charge in [-0.05, 0) is 25.5 Å². The molecule has 0 radical (unpaired) electrons. The number of anilines is 2. The SMILES string of the molecule is Cc1cc(NC(=O)c2cccc(C)c2N)no1. The van der Waals surface area contributed by atoms with Crippen LogP contribution in [0.2, 0.25) is 0 Å². The summed E-state index contributed by atoms with van der Waals surface area (Å²) in [6.45, 7) is 3.61. The normalized spacial score (nSPS) is 10.2. The molecule has 0 aliphatic carbocycles. The van der Waals surface area contributed by atoms with Crippen molar-refractivity contribution < 1.29 is 9.32 Å². The first-order valence-electron chi connectivity index (χ1n) is 5.17. The maximum atomic E-state index is 11.9. The Hall–Kier alpha value is -2.30. The molecule has 1 amide bonds. The zero-order chi connectivity index (χ0) is 12.4. The first kappa shape index (κ1) is 11.2. The summed E-state index contributed by atoms with van der Waals surface area (Å²) in [6.07, 6.45) is 0. The van der Waals surface area contributed by atoms with E-state index in [2.05, 4.69) is 10.5 Å². The van der Waals surface area contributed by atoms with E-state index in [1.807, 2.05) is 13.0 Å². The van der Waals surface area contributed by atoms with Crippen molar-refractivity contribution in [3.8, 4) is 0 Å². The van der Waals surface area contributed by atoms with E-state index >= 15 is 0 Å². The van der Waals surface area contributed by atoms with Gasteiger partial charge in [-0.2, -0.15) is 0 Å². The molecule has 0 aliphatic heterocycles. The average Bonchev–Trinajstić information content (AvgIpc) is 2.68. The van der Waals surface area contributed by atoms with Gasteiger partial charge in [0, 0.05) is 11.8 Å². The molecule has 3 N–H and O–H groups in total. The molecule has 17 heavy (non-hydrogen) atoms. The Morgan fingerprint density at radius 1 is 1.41 bits per heavy atom. The second-order valence-electron chi connectivity index (χ2n) is 3.81. The summed E-state index contributed by atoms with van der Waals surface area (Å²) >= 11 is 0. The highest BCUT2D eigenvalue weighted by Crippen LogP contribution is 2.18. The predicted molar refractivity (Wildman–Crippen MR) is 64.8 cm³/mol. The molecule has 2 rings (SSSR count). The van der Waals surface area contributed by atoms with Crippen molar-refractivity contribution in [2.45, 2.75) is 13.8 Å². The number of benzene rings is 1. The van der Waals surface area contributed by atoms with Gasteiger partial charge in [-0.1, -0.05) is 17.3 Å². The fourth-order valence-electron chi connectivity index (χ4n) is 1.49. The molecule has 0 aliphatic rings. The Morgan fingerprint density at radius 2 is 2.18 bits per heavy atom. The minimum absolute atomic E-state index is 0.292. The van der Waals surface area contributed by atoms with Crippen LogP contribution in [-0.2, 0) is 0 Å². The molecule has 88 valence electrons. The van der Waals surface area contributed by atoms with Crippen LogP contribution in [0.25, 0.3) is 0 Å². The summed E-state index contributed by atoms with van der Waals surface area (Å²) in [4.78, 5) is 11.9. The highest BCUT2D eigenvalue weighted by molar-refractivity contribution is 6.07. The van der Waals surface area contributed by atoms with E-state index in [4.69, 9.17) is 10.3 Å². The van der Waals surface area contributed by atoms with Gasteiger partial charge in [0.1, 0.15) is 5.76 Å². The number of carbonyl (C=O) groups is 1. The number of hydrogen-bond acceptors (Lipinski definition) is 4. The van der Waals surface area contributed by atoms with Gasteiger partial charge >= 0.3 is 0 Å². The number of para-hydroxylation sites is 1. The van der Waals surface area contributed by atoms with Gasteiger partial charge < -0.3 is 15.6 Å². The number of aromatic nitrogens is 1. The lowest BCUT2D eigenvalue weighted by molar-refractivity contribution is 0.102. The van der Waals surface area contributed by atoms with E-state index in [-0.39, 0.29) is 5.91 Å². The lowest BCUT2D eigenvalue weighted by Crippen LogP contribution is -2.14. The van der Waals surface area contributed by atoms with Crippen molar-refractivity contribution >= 4 is 17.4 Å². The molecule has 0 saturated heterocycles. The molecule has 5 heteroatoms. The van der Waals surface area contributed by atoms with Crippen LogP contribution < -0.4 is 11.1 Å². The smallest absolute Gasteiger partial charge is 0.259 e. The van der Waals surface area contributed by atoms with E-state index in [0.29, 0.717) is 22.8 Å². The second-order valence-corrected chi connectivity index (χ2v) is 3.81. The number of carbonyl (C=O) groups excluding carboxylic acids is 1. The summed E-state index contributed by atoms with van der Waals surface area (Å²) in [6, 6.07) is 6.95. The summed E-state index contributed by atoms with van der Waals surface area (Å²) in [7, 11) is 0. The first-order chi connectivity index (χ1) is 8.08. The van der Waals surface area contributed by atoms with Gasteiger partial charge in [-0.15, -0.1) is 0 Å². The van der Waals surface area contributed by atoms with Gasteiger partial charge in [0.25, 0.3) is 5.91 Å². The molecule has 0 atom stereocenters. The van der Waals surface area contributed by atoms with Crippen LogP contribution in [0.4, 0.5) is 11.5 Å². The number of nitrogens with zero attached hydrogens (tertiary/aromatic N) is 1. The molecule has 0 fully saturated rings. The topological polar surface area (TPSA) is 81.2 Å². The molecule has 1 heterocycles. The predicted octanol–water partition coefficient (Wildman–Crippen LogP) is 2.13. The summed E-state index contributed by atoms with van der Waals surface area (Å²) in [5, 5.41) is 6.31. The van der Waals surface area contributed by atoms with E-state index in [1.54, 1.807) is 25.1 Å². The van der Waals surface area contributed by atoms with Crippen molar-refractivity contribution in [1.29, 1.82) is 0 Å². The first-order valence-corrected chi connectivity index (χ1v) is 5.17. The number of rotatable bonds is 2. The fraction of sp³-hybridized carbons (Fsp3) is 0.167. The Bertz CT molecular complexity index is 561. The lowest BCUT2D eigenvalue weighted by atomic mass is 10.1. The van der Waals surface area contributed by atoms with Crippen LogP contribution in [0.5, 0.6) is 0 Å². The lowest BCUT2D eigenvalue weighted by Gasteiger charge is -2.06. The van der Waals surface area contributed by atoms with Crippen LogP contribution in [0.15, 0.2) is 28.8 Å². The van der Waals surface area contributed by atoms with Gasteiger partial charge in [0.05, 0.1) is 5.56 Å². The highest BCUT2D eigenvalue weighted by Gasteiger charge is 2.12. The van der Waals surface area contributed by atoms with Crippen molar-refractivity contribution in [2.75, 3.05) is 11.1 Å². The Balaban J connectivity index is 2.23. The molecule has 1 aromatic carbocycles. The van der Waals surface area contributed by atoms with Gasteiger partial charge in [-0.3, -0.25) is 4.79 Å². The Morgan fingerprint density at radius 3 is 2.82 bits per heavy atom. The van der Waals surface area contributed by atoms with Gasteiger partial charge in [-0.25, -0.2) is 0 Å². The van der Waals surface area contributed by atoms with Crippen molar-refractivity contribution in [3.63, 3.8) is 0 Å². The molecule has 2 aromatic rings. The molecule has 0 bridgehead atoms. The maximum absolute atomic E-state index is 11.9.